The zero-order chi connectivity index (χ0) is 10.7. The van der Waals surface area contributed by atoms with E-state index in [9.17, 15) is 4.39 Å². The van der Waals surface area contributed by atoms with Crippen LogP contribution in [0.4, 0.5) is 4.39 Å². The van der Waals surface area contributed by atoms with E-state index in [0.29, 0.717) is 10.8 Å². The van der Waals surface area contributed by atoms with Gasteiger partial charge in [0.15, 0.2) is 0 Å². The van der Waals surface area contributed by atoms with Gasteiger partial charge in [0.05, 0.1) is 0 Å². The van der Waals surface area contributed by atoms with Crippen molar-refractivity contribution in [1.82, 2.24) is 4.98 Å². The summed E-state index contributed by atoms with van der Waals surface area (Å²) < 4.78 is 18.0. The van der Waals surface area contributed by atoms with E-state index >= 15 is 0 Å². The first-order chi connectivity index (χ1) is 7.24. The highest BCUT2D eigenvalue weighted by atomic mass is 35.5. The second-order valence-corrected chi connectivity index (χ2v) is 3.29. The minimum atomic E-state index is -0.568. The minimum absolute atomic E-state index is 0.220. The molecule has 4 heteroatoms. The van der Waals surface area contributed by atoms with Gasteiger partial charge in [0, 0.05) is 11.1 Å². The first-order valence-electron chi connectivity index (χ1n) is 4.30. The predicted molar refractivity (Wildman–Crippen MR) is 55.7 cm³/mol. The first-order valence-corrected chi connectivity index (χ1v) is 4.68. The maximum absolute atomic E-state index is 12.7. The van der Waals surface area contributed by atoms with Crippen LogP contribution in [-0.4, -0.2) is 4.98 Å². The molecule has 2 nitrogen and oxygen atoms in total. The van der Waals surface area contributed by atoms with Gasteiger partial charge in [-0.2, -0.15) is 9.37 Å². The topological polar surface area (TPSA) is 22.1 Å². The average Bonchev–Trinajstić information content (AvgIpc) is 2.22. The molecule has 1 aromatic carbocycles. The molecule has 0 aliphatic rings. The monoisotopic (exact) mass is 223 g/mol. The molecule has 0 aliphatic heterocycles. The molecule has 0 bridgehead atoms. The second-order valence-electron chi connectivity index (χ2n) is 2.85. The zero-order valence-electron chi connectivity index (χ0n) is 7.65. The fraction of sp³-hybridized carbons (Fsp3) is 0. The predicted octanol–water partition coefficient (Wildman–Crippen LogP) is 3.67. The number of ether oxygens (including phenoxy) is 1. The van der Waals surface area contributed by atoms with E-state index in [2.05, 4.69) is 4.98 Å². The molecule has 0 amide bonds. The van der Waals surface area contributed by atoms with Crippen LogP contribution in [0.25, 0.3) is 0 Å². The highest BCUT2D eigenvalue weighted by Crippen LogP contribution is 2.21. The van der Waals surface area contributed by atoms with Crippen LogP contribution in [0.3, 0.4) is 0 Å². The van der Waals surface area contributed by atoms with Gasteiger partial charge in [0.1, 0.15) is 5.75 Å². The summed E-state index contributed by atoms with van der Waals surface area (Å²) in [5.74, 6) is 0.219. The van der Waals surface area contributed by atoms with Crippen molar-refractivity contribution in [2.75, 3.05) is 0 Å². The van der Waals surface area contributed by atoms with Crippen LogP contribution < -0.4 is 4.74 Å². The third-order valence-corrected chi connectivity index (χ3v) is 1.98. The lowest BCUT2D eigenvalue weighted by Crippen LogP contribution is -1.89. The van der Waals surface area contributed by atoms with Gasteiger partial charge >= 0.3 is 0 Å². The van der Waals surface area contributed by atoms with E-state index in [0.717, 1.165) is 0 Å². The van der Waals surface area contributed by atoms with Gasteiger partial charge in [-0.25, -0.2) is 0 Å². The Morgan fingerprint density at radius 2 is 1.80 bits per heavy atom. The lowest BCUT2D eigenvalue weighted by Gasteiger charge is -2.03. The van der Waals surface area contributed by atoms with Gasteiger partial charge in [0.25, 0.3) is 0 Å². The van der Waals surface area contributed by atoms with Crippen molar-refractivity contribution < 1.29 is 9.13 Å². The van der Waals surface area contributed by atoms with Crippen LogP contribution in [0.2, 0.25) is 5.02 Å². The molecule has 0 atom stereocenters. The van der Waals surface area contributed by atoms with Crippen LogP contribution in [0.1, 0.15) is 0 Å². The zero-order valence-corrected chi connectivity index (χ0v) is 8.41. The van der Waals surface area contributed by atoms with Gasteiger partial charge in [-0.05, 0) is 30.3 Å². The van der Waals surface area contributed by atoms with E-state index in [1.54, 1.807) is 30.3 Å². The molecular formula is C11H7ClFNO. The Hall–Kier alpha value is -1.61. The van der Waals surface area contributed by atoms with Crippen molar-refractivity contribution in [3.63, 3.8) is 0 Å². The van der Waals surface area contributed by atoms with Crippen LogP contribution in [-0.2, 0) is 0 Å². The highest BCUT2D eigenvalue weighted by Gasteiger charge is 1.99. The fourth-order valence-electron chi connectivity index (χ4n) is 1.07. The summed E-state index contributed by atoms with van der Waals surface area (Å²) in [5.41, 5.74) is 0. The summed E-state index contributed by atoms with van der Waals surface area (Å²) in [6.07, 6.45) is 0. The Morgan fingerprint density at radius 1 is 1.07 bits per heavy atom. The van der Waals surface area contributed by atoms with Crippen LogP contribution in [0, 0.1) is 5.95 Å². The van der Waals surface area contributed by atoms with E-state index in [-0.39, 0.29) is 5.88 Å². The molecule has 15 heavy (non-hydrogen) atoms. The largest absolute Gasteiger partial charge is 0.439 e. The Bertz CT molecular complexity index is 458. The van der Waals surface area contributed by atoms with Gasteiger partial charge < -0.3 is 4.74 Å². The van der Waals surface area contributed by atoms with Crippen molar-refractivity contribution in [3.8, 4) is 11.6 Å². The maximum Gasteiger partial charge on any atom is 0.221 e. The number of halogens is 2. The number of rotatable bonds is 2. The molecule has 2 aromatic rings. The summed E-state index contributed by atoms with van der Waals surface area (Å²) in [4.78, 5) is 3.57. The quantitative estimate of drug-likeness (QED) is 0.725. The van der Waals surface area contributed by atoms with Crippen molar-refractivity contribution in [3.05, 3.63) is 53.4 Å². The summed E-state index contributed by atoms with van der Waals surface area (Å²) in [6, 6.07) is 11.1. The van der Waals surface area contributed by atoms with E-state index in [4.69, 9.17) is 16.3 Å². The lowest BCUT2D eigenvalue weighted by molar-refractivity contribution is 0.445. The highest BCUT2D eigenvalue weighted by molar-refractivity contribution is 6.30. The lowest BCUT2D eigenvalue weighted by atomic mass is 10.3. The Morgan fingerprint density at radius 3 is 2.47 bits per heavy atom. The SMILES string of the molecule is Fc1cccc(Oc2ccc(Cl)cc2)n1. The molecule has 0 saturated carbocycles. The normalized spacial score (nSPS) is 10.0. The average molecular weight is 224 g/mol. The van der Waals surface area contributed by atoms with Gasteiger partial charge in [-0.1, -0.05) is 17.7 Å². The molecule has 0 N–H and O–H groups in total. The molecule has 1 heterocycles. The number of hydrogen-bond donors (Lipinski definition) is 0. The number of aromatic nitrogens is 1. The summed E-state index contributed by atoms with van der Waals surface area (Å²) in [7, 11) is 0. The number of pyridine rings is 1. The number of benzene rings is 1. The standard InChI is InChI=1S/C11H7ClFNO/c12-8-4-6-9(7-5-8)15-11-3-1-2-10(13)14-11/h1-7H. The fourth-order valence-corrected chi connectivity index (χ4v) is 1.20. The summed E-state index contributed by atoms with van der Waals surface area (Å²) >= 11 is 5.71. The van der Waals surface area contributed by atoms with E-state index in [1.165, 1.54) is 12.1 Å². The van der Waals surface area contributed by atoms with Crippen molar-refractivity contribution in [1.29, 1.82) is 0 Å². The number of hydrogen-bond acceptors (Lipinski definition) is 2. The van der Waals surface area contributed by atoms with Crippen molar-refractivity contribution >= 4 is 11.6 Å². The molecule has 76 valence electrons. The molecule has 0 saturated heterocycles. The molecule has 0 spiro atoms. The Kier molecular flexibility index (Phi) is 2.83. The van der Waals surface area contributed by atoms with Crippen molar-refractivity contribution in [2.24, 2.45) is 0 Å². The third-order valence-electron chi connectivity index (χ3n) is 1.73. The van der Waals surface area contributed by atoms with Crippen LogP contribution in [0.15, 0.2) is 42.5 Å². The maximum atomic E-state index is 12.7. The molecule has 0 unspecified atom stereocenters. The van der Waals surface area contributed by atoms with Crippen molar-refractivity contribution in [2.45, 2.75) is 0 Å². The molecule has 0 radical (unpaired) electrons. The Labute approximate surface area is 91.3 Å². The van der Waals surface area contributed by atoms with Crippen LogP contribution >= 0.6 is 11.6 Å². The molecule has 2 rings (SSSR count). The summed E-state index contributed by atoms with van der Waals surface area (Å²) in [6.45, 7) is 0. The van der Waals surface area contributed by atoms with Gasteiger partial charge in [-0.15, -0.1) is 0 Å². The van der Waals surface area contributed by atoms with E-state index in [1.807, 2.05) is 0 Å². The molecule has 0 fully saturated rings. The second kappa shape index (κ2) is 4.28. The smallest absolute Gasteiger partial charge is 0.221 e. The number of nitrogens with zero attached hydrogens (tertiary/aromatic N) is 1. The Balaban J connectivity index is 2.18. The molecular weight excluding hydrogens is 217 g/mol. The first kappa shape index (κ1) is 9.93. The minimum Gasteiger partial charge on any atom is -0.439 e. The third kappa shape index (κ3) is 2.67. The summed E-state index contributed by atoms with van der Waals surface area (Å²) in [5, 5.41) is 0.620. The molecule has 0 aliphatic carbocycles. The van der Waals surface area contributed by atoms with Crippen LogP contribution in [0.5, 0.6) is 11.6 Å². The molecule has 1 aromatic heterocycles. The van der Waals surface area contributed by atoms with Gasteiger partial charge in [0.2, 0.25) is 11.8 Å². The van der Waals surface area contributed by atoms with Gasteiger partial charge in [-0.3, -0.25) is 0 Å². The van der Waals surface area contributed by atoms with E-state index < -0.39 is 5.95 Å².